The number of hydrogen-bond acceptors (Lipinski definition) is 3. The van der Waals surface area contributed by atoms with Crippen molar-refractivity contribution in [3.8, 4) is 17.3 Å². The summed E-state index contributed by atoms with van der Waals surface area (Å²) in [5, 5.41) is 9.20. The van der Waals surface area contributed by atoms with Gasteiger partial charge in [0.15, 0.2) is 0 Å². The van der Waals surface area contributed by atoms with E-state index < -0.39 is 0 Å². The quantitative estimate of drug-likeness (QED) is 0.896. The zero-order chi connectivity index (χ0) is 13.1. The molecule has 4 heteroatoms. The minimum Gasteiger partial charge on any atom is -0.344 e. The Morgan fingerprint density at radius 1 is 1.39 bits per heavy atom. The van der Waals surface area contributed by atoms with Crippen LogP contribution < -0.4 is 0 Å². The molecule has 2 rings (SSSR count). The van der Waals surface area contributed by atoms with E-state index in [-0.39, 0.29) is 11.8 Å². The average Bonchev–Trinajstić information content (AvgIpc) is 2.73. The molecule has 0 fully saturated rings. The largest absolute Gasteiger partial charge is 0.344 e. The molecule has 2 heterocycles. The van der Waals surface area contributed by atoms with Crippen LogP contribution in [-0.2, 0) is 0 Å². The van der Waals surface area contributed by atoms with Gasteiger partial charge in [-0.05, 0) is 25.0 Å². The van der Waals surface area contributed by atoms with E-state index in [2.05, 4.69) is 21.0 Å². The summed E-state index contributed by atoms with van der Waals surface area (Å²) in [5.74, 6) is 0.778. The number of hydrogen-bond donors (Lipinski definition) is 1. The zero-order valence-electron chi connectivity index (χ0n) is 10.8. The summed E-state index contributed by atoms with van der Waals surface area (Å²) >= 11 is 0. The van der Waals surface area contributed by atoms with Crippen LogP contribution in [0.3, 0.4) is 0 Å². The minimum absolute atomic E-state index is 0.200. The van der Waals surface area contributed by atoms with Crippen molar-refractivity contribution < 1.29 is 0 Å². The van der Waals surface area contributed by atoms with Crippen molar-refractivity contribution in [2.45, 2.75) is 26.7 Å². The molecule has 4 nitrogen and oxygen atoms in total. The maximum absolute atomic E-state index is 9.20. The number of H-pyrrole nitrogens is 1. The molecule has 0 saturated carbocycles. The number of imidazole rings is 1. The molecule has 18 heavy (non-hydrogen) atoms. The Morgan fingerprint density at radius 3 is 2.72 bits per heavy atom. The second-order valence-electron chi connectivity index (χ2n) is 4.69. The van der Waals surface area contributed by atoms with Gasteiger partial charge in [0.05, 0.1) is 11.8 Å². The molecule has 92 valence electrons. The fourth-order valence-electron chi connectivity index (χ4n) is 1.94. The lowest BCUT2D eigenvalue weighted by atomic mass is 9.97. The molecule has 1 unspecified atom stereocenters. The van der Waals surface area contributed by atoms with Crippen molar-refractivity contribution in [2.75, 3.05) is 0 Å². The van der Waals surface area contributed by atoms with Crippen LogP contribution >= 0.6 is 0 Å². The maximum Gasteiger partial charge on any atom is 0.124 e. The summed E-state index contributed by atoms with van der Waals surface area (Å²) < 4.78 is 0. The molecule has 1 atom stereocenters. The molecule has 0 radical (unpaired) electrons. The number of aromatic amines is 1. The highest BCUT2D eigenvalue weighted by Gasteiger charge is 2.20. The molecule has 1 N–H and O–H groups in total. The van der Waals surface area contributed by atoms with Gasteiger partial charge in [0.25, 0.3) is 0 Å². The second-order valence-corrected chi connectivity index (χ2v) is 4.69. The minimum atomic E-state index is -0.200. The predicted molar refractivity (Wildman–Crippen MR) is 69.7 cm³/mol. The van der Waals surface area contributed by atoms with Gasteiger partial charge in [-0.25, -0.2) is 4.98 Å². The first-order chi connectivity index (χ1) is 8.63. The van der Waals surface area contributed by atoms with Crippen molar-refractivity contribution in [1.82, 2.24) is 15.0 Å². The van der Waals surface area contributed by atoms with Crippen LogP contribution in [-0.4, -0.2) is 15.0 Å². The molecule has 0 spiro atoms. The van der Waals surface area contributed by atoms with E-state index in [1.54, 1.807) is 12.4 Å². The molecule has 0 amide bonds. The first kappa shape index (κ1) is 12.3. The number of nitrogens with one attached hydrogen (secondary N) is 1. The molecule has 0 aliphatic rings. The van der Waals surface area contributed by atoms with Crippen molar-refractivity contribution in [3.63, 3.8) is 0 Å². The Bertz CT molecular complexity index is 563. The standard InChI is InChI=1S/C14H16N4/c1-9(2)12(7-15)14-17-10(3)13(18-14)11-5-4-6-16-8-11/h4-6,8-9,12H,1-3H3,(H,17,18). The molecule has 0 aliphatic carbocycles. The Labute approximate surface area is 107 Å². The maximum atomic E-state index is 9.20. The van der Waals surface area contributed by atoms with Crippen molar-refractivity contribution in [1.29, 1.82) is 5.26 Å². The molecular weight excluding hydrogens is 224 g/mol. The summed E-state index contributed by atoms with van der Waals surface area (Å²) in [5.41, 5.74) is 2.82. The van der Waals surface area contributed by atoms with Crippen LogP contribution in [0, 0.1) is 24.2 Å². The van der Waals surface area contributed by atoms with Crippen LogP contribution in [0.2, 0.25) is 0 Å². The van der Waals surface area contributed by atoms with Gasteiger partial charge in [-0.3, -0.25) is 4.98 Å². The summed E-state index contributed by atoms with van der Waals surface area (Å²) in [6, 6.07) is 6.15. The van der Waals surface area contributed by atoms with Crippen LogP contribution in [0.5, 0.6) is 0 Å². The van der Waals surface area contributed by atoms with Gasteiger partial charge in [-0.1, -0.05) is 13.8 Å². The molecule has 2 aromatic rings. The molecule has 0 bridgehead atoms. The molecular formula is C14H16N4. The van der Waals surface area contributed by atoms with Crippen LogP contribution in [0.4, 0.5) is 0 Å². The summed E-state index contributed by atoms with van der Waals surface area (Å²) in [6.45, 7) is 6.01. The van der Waals surface area contributed by atoms with E-state index in [9.17, 15) is 5.26 Å². The number of rotatable bonds is 3. The number of pyridine rings is 1. The molecule has 0 aromatic carbocycles. The number of nitrogens with zero attached hydrogens (tertiary/aromatic N) is 3. The second kappa shape index (κ2) is 5.01. The van der Waals surface area contributed by atoms with Gasteiger partial charge in [0.1, 0.15) is 11.7 Å². The summed E-state index contributed by atoms with van der Waals surface area (Å²) in [4.78, 5) is 11.9. The number of aryl methyl sites for hydroxylation is 1. The number of aromatic nitrogens is 3. The topological polar surface area (TPSA) is 65.4 Å². The van der Waals surface area contributed by atoms with Crippen molar-refractivity contribution in [3.05, 3.63) is 36.0 Å². The Balaban J connectivity index is 2.42. The smallest absolute Gasteiger partial charge is 0.124 e. The third-order valence-corrected chi connectivity index (χ3v) is 2.94. The number of nitriles is 1. The van der Waals surface area contributed by atoms with Crippen molar-refractivity contribution in [2.24, 2.45) is 5.92 Å². The van der Waals surface area contributed by atoms with E-state index in [1.165, 1.54) is 0 Å². The van der Waals surface area contributed by atoms with E-state index in [0.29, 0.717) is 0 Å². The predicted octanol–water partition coefficient (Wildman–Crippen LogP) is 3.04. The highest BCUT2D eigenvalue weighted by atomic mass is 14.9. The SMILES string of the molecule is Cc1[nH]c(C(C#N)C(C)C)nc1-c1cccnc1. The van der Waals surface area contributed by atoms with Gasteiger partial charge in [0.2, 0.25) is 0 Å². The third-order valence-electron chi connectivity index (χ3n) is 2.94. The van der Waals surface area contributed by atoms with Gasteiger partial charge in [0, 0.05) is 23.7 Å². The highest BCUT2D eigenvalue weighted by Crippen LogP contribution is 2.26. The fourth-order valence-corrected chi connectivity index (χ4v) is 1.94. The Hall–Kier alpha value is -2.15. The van der Waals surface area contributed by atoms with Crippen LogP contribution in [0.1, 0.15) is 31.3 Å². The zero-order valence-corrected chi connectivity index (χ0v) is 10.8. The molecule has 2 aromatic heterocycles. The summed E-state index contributed by atoms with van der Waals surface area (Å²) in [7, 11) is 0. The van der Waals surface area contributed by atoms with E-state index >= 15 is 0 Å². The van der Waals surface area contributed by atoms with Gasteiger partial charge in [-0.2, -0.15) is 5.26 Å². The van der Waals surface area contributed by atoms with Crippen LogP contribution in [0.15, 0.2) is 24.5 Å². The fraction of sp³-hybridized carbons (Fsp3) is 0.357. The van der Waals surface area contributed by atoms with E-state index in [4.69, 9.17) is 0 Å². The summed E-state index contributed by atoms with van der Waals surface area (Å²) in [6.07, 6.45) is 3.52. The molecule has 0 saturated heterocycles. The van der Waals surface area contributed by atoms with Gasteiger partial charge < -0.3 is 4.98 Å². The van der Waals surface area contributed by atoms with Crippen molar-refractivity contribution >= 4 is 0 Å². The first-order valence-corrected chi connectivity index (χ1v) is 6.00. The normalized spacial score (nSPS) is 12.4. The Morgan fingerprint density at radius 2 is 2.17 bits per heavy atom. The lowest BCUT2D eigenvalue weighted by Gasteiger charge is -2.08. The van der Waals surface area contributed by atoms with E-state index in [0.717, 1.165) is 22.8 Å². The Kier molecular flexibility index (Phi) is 3.42. The lowest BCUT2D eigenvalue weighted by molar-refractivity contribution is 0.565. The monoisotopic (exact) mass is 240 g/mol. The van der Waals surface area contributed by atoms with Gasteiger partial charge in [-0.15, -0.1) is 0 Å². The molecule has 0 aliphatic heterocycles. The average molecular weight is 240 g/mol. The third kappa shape index (κ3) is 2.25. The highest BCUT2D eigenvalue weighted by molar-refractivity contribution is 5.60. The first-order valence-electron chi connectivity index (χ1n) is 6.00. The van der Waals surface area contributed by atoms with E-state index in [1.807, 2.05) is 32.9 Å². The van der Waals surface area contributed by atoms with Gasteiger partial charge >= 0.3 is 0 Å². The lowest BCUT2D eigenvalue weighted by Crippen LogP contribution is -2.06. The van der Waals surface area contributed by atoms with Crippen LogP contribution in [0.25, 0.3) is 11.3 Å².